The van der Waals surface area contributed by atoms with E-state index in [-0.39, 0.29) is 11.5 Å². The van der Waals surface area contributed by atoms with Gasteiger partial charge in [-0.05, 0) is 96.4 Å². The predicted molar refractivity (Wildman–Crippen MR) is 116 cm³/mol. The third-order valence-electron chi connectivity index (χ3n) is 8.01. The first-order valence-corrected chi connectivity index (χ1v) is 11.6. The number of carbonyl (C=O) groups is 1. The summed E-state index contributed by atoms with van der Waals surface area (Å²) in [5.74, 6) is 1.95. The molecule has 4 heteroatoms. The topological polar surface area (TPSA) is 32.8 Å². The number of hydrogen-bond acceptors (Lipinski definition) is 3. The Morgan fingerprint density at radius 1 is 1.14 bits per heavy atom. The van der Waals surface area contributed by atoms with Crippen molar-refractivity contribution in [2.45, 2.75) is 83.3 Å². The molecule has 1 aromatic carbocycles. The lowest BCUT2D eigenvalue weighted by Gasteiger charge is -2.44. The third-order valence-corrected chi connectivity index (χ3v) is 8.01. The molecule has 1 saturated heterocycles. The van der Waals surface area contributed by atoms with Gasteiger partial charge in [0.25, 0.3) is 0 Å². The number of aryl methyl sites for hydroxylation is 1. The van der Waals surface area contributed by atoms with Crippen molar-refractivity contribution in [3.05, 3.63) is 29.3 Å². The van der Waals surface area contributed by atoms with E-state index in [4.69, 9.17) is 4.74 Å². The summed E-state index contributed by atoms with van der Waals surface area (Å²) in [6.07, 6.45) is 7.92. The number of benzene rings is 1. The van der Waals surface area contributed by atoms with Crippen LogP contribution in [-0.2, 0) is 10.2 Å². The highest BCUT2D eigenvalue weighted by Crippen LogP contribution is 2.51. The first-order valence-electron chi connectivity index (χ1n) is 11.6. The fourth-order valence-electron chi connectivity index (χ4n) is 6.63. The zero-order chi connectivity index (χ0) is 20.4. The van der Waals surface area contributed by atoms with E-state index in [0.29, 0.717) is 0 Å². The molecule has 4 aliphatic rings. The lowest BCUT2D eigenvalue weighted by Crippen LogP contribution is -2.50. The predicted octanol–water partition coefficient (Wildman–Crippen LogP) is 5.27. The van der Waals surface area contributed by atoms with E-state index in [1.165, 1.54) is 49.9 Å². The van der Waals surface area contributed by atoms with Crippen molar-refractivity contribution in [2.75, 3.05) is 24.5 Å². The Morgan fingerprint density at radius 2 is 1.90 bits per heavy atom. The molecule has 5 rings (SSSR count). The molecule has 2 aliphatic heterocycles. The molecule has 3 fully saturated rings. The maximum Gasteiger partial charge on any atom is 0.414 e. The molecule has 0 aromatic heterocycles. The lowest BCUT2D eigenvalue weighted by atomic mass is 9.73. The van der Waals surface area contributed by atoms with Crippen LogP contribution in [0.5, 0.6) is 0 Å². The Labute approximate surface area is 175 Å². The minimum Gasteiger partial charge on any atom is -0.443 e. The molecule has 0 radical (unpaired) electrons. The van der Waals surface area contributed by atoms with E-state index in [1.54, 1.807) is 0 Å². The Balaban J connectivity index is 1.37. The first kappa shape index (κ1) is 19.4. The quantitative estimate of drug-likeness (QED) is 0.648. The van der Waals surface area contributed by atoms with Crippen molar-refractivity contribution >= 4 is 11.8 Å². The molecule has 1 aromatic rings. The fraction of sp³-hybridized carbons (Fsp3) is 0.720. The van der Waals surface area contributed by atoms with Crippen LogP contribution in [0.2, 0.25) is 0 Å². The lowest BCUT2D eigenvalue weighted by molar-refractivity contribution is 0.0558. The molecular formula is C25H36N2O2. The van der Waals surface area contributed by atoms with Crippen LogP contribution in [0.3, 0.4) is 0 Å². The summed E-state index contributed by atoms with van der Waals surface area (Å²) < 4.78 is 5.76. The maximum atomic E-state index is 13.0. The smallest absolute Gasteiger partial charge is 0.414 e. The van der Waals surface area contributed by atoms with Crippen LogP contribution in [0, 0.1) is 18.8 Å². The zero-order valence-electron chi connectivity index (χ0n) is 18.5. The van der Waals surface area contributed by atoms with Crippen LogP contribution in [-0.4, -0.2) is 42.3 Å². The van der Waals surface area contributed by atoms with Crippen molar-refractivity contribution in [3.8, 4) is 0 Å². The van der Waals surface area contributed by atoms with Crippen molar-refractivity contribution in [3.63, 3.8) is 0 Å². The van der Waals surface area contributed by atoms with Crippen molar-refractivity contribution in [1.82, 2.24) is 4.90 Å². The Kier molecular flexibility index (Phi) is 4.51. The molecule has 1 spiro atoms. The molecule has 0 unspecified atom stereocenters. The van der Waals surface area contributed by atoms with Crippen LogP contribution in [0.4, 0.5) is 10.5 Å². The van der Waals surface area contributed by atoms with E-state index >= 15 is 0 Å². The summed E-state index contributed by atoms with van der Waals surface area (Å²) in [5, 5.41) is 0. The van der Waals surface area contributed by atoms with E-state index in [9.17, 15) is 4.79 Å². The van der Waals surface area contributed by atoms with Gasteiger partial charge in [0.15, 0.2) is 0 Å². The Morgan fingerprint density at radius 3 is 2.52 bits per heavy atom. The minimum absolute atomic E-state index is 0.0897. The molecule has 158 valence electrons. The zero-order valence-corrected chi connectivity index (χ0v) is 18.5. The second kappa shape index (κ2) is 6.73. The summed E-state index contributed by atoms with van der Waals surface area (Å²) in [4.78, 5) is 17.7. The maximum absolute atomic E-state index is 13.0. The number of amides is 1. The van der Waals surface area contributed by atoms with Gasteiger partial charge in [0.1, 0.15) is 5.60 Å². The van der Waals surface area contributed by atoms with Gasteiger partial charge in [-0.25, -0.2) is 4.79 Å². The Hall–Kier alpha value is -1.55. The van der Waals surface area contributed by atoms with E-state index in [2.05, 4.69) is 30.0 Å². The summed E-state index contributed by atoms with van der Waals surface area (Å²) in [5.41, 5.74) is 3.34. The van der Waals surface area contributed by atoms with E-state index in [1.807, 2.05) is 25.7 Å². The number of fused-ring (bicyclic) bond motifs is 4. The van der Waals surface area contributed by atoms with Crippen LogP contribution in [0.1, 0.15) is 70.4 Å². The van der Waals surface area contributed by atoms with Gasteiger partial charge in [-0.1, -0.05) is 24.1 Å². The Bertz CT molecular complexity index is 804. The number of nitrogens with zero attached hydrogens (tertiary/aromatic N) is 2. The highest BCUT2D eigenvalue weighted by Gasteiger charge is 2.50. The molecule has 3 atom stereocenters. The number of ether oxygens (including phenoxy) is 1. The summed E-state index contributed by atoms with van der Waals surface area (Å²) in [6.45, 7) is 11.1. The van der Waals surface area contributed by atoms with Crippen LogP contribution < -0.4 is 4.90 Å². The molecule has 2 bridgehead atoms. The number of anilines is 1. The average Bonchev–Trinajstić information content (AvgIpc) is 3.35. The van der Waals surface area contributed by atoms with Gasteiger partial charge in [0.2, 0.25) is 0 Å². The molecule has 0 N–H and O–H groups in total. The molecule has 2 heterocycles. The largest absolute Gasteiger partial charge is 0.443 e. The monoisotopic (exact) mass is 396 g/mol. The number of likely N-dealkylation sites (tertiary alicyclic amines) is 1. The number of hydrogen-bond donors (Lipinski definition) is 0. The minimum atomic E-state index is -0.469. The van der Waals surface area contributed by atoms with Crippen LogP contribution in [0.25, 0.3) is 0 Å². The van der Waals surface area contributed by atoms with Gasteiger partial charge in [-0.3, -0.25) is 4.90 Å². The molecular weight excluding hydrogens is 360 g/mol. The van der Waals surface area contributed by atoms with E-state index in [0.717, 1.165) is 43.0 Å². The molecule has 4 nitrogen and oxygen atoms in total. The normalized spacial score (nSPS) is 30.8. The van der Waals surface area contributed by atoms with Gasteiger partial charge in [-0.15, -0.1) is 0 Å². The van der Waals surface area contributed by atoms with Crippen molar-refractivity contribution in [1.29, 1.82) is 0 Å². The SMILES string of the molecule is Cc1ccc2c(c1)C1(CCN([C@H]3C[C@H]4CC[C@@H]3C4)CC1)CN2C(=O)OC(C)(C)C. The van der Waals surface area contributed by atoms with Crippen LogP contribution >= 0.6 is 0 Å². The molecule has 2 saturated carbocycles. The summed E-state index contributed by atoms with van der Waals surface area (Å²) in [6, 6.07) is 7.41. The summed E-state index contributed by atoms with van der Waals surface area (Å²) >= 11 is 0. The second-order valence-electron chi connectivity index (χ2n) is 11.1. The van der Waals surface area contributed by atoms with Gasteiger partial charge < -0.3 is 9.64 Å². The van der Waals surface area contributed by atoms with Crippen LogP contribution in [0.15, 0.2) is 18.2 Å². The third kappa shape index (κ3) is 3.37. The standard InChI is InChI=1S/C25H36N2O2/c1-17-5-8-21-20(13-17)25(16-27(21)23(28)29-24(2,3)4)9-11-26(12-10-25)22-15-18-6-7-19(22)14-18/h5,8,13,18-19,22H,6-7,9-12,14-16H2,1-4H3/t18-,19+,22-/m0/s1. The average molecular weight is 397 g/mol. The second-order valence-corrected chi connectivity index (χ2v) is 11.1. The highest BCUT2D eigenvalue weighted by atomic mass is 16.6. The van der Waals surface area contributed by atoms with Gasteiger partial charge in [-0.2, -0.15) is 0 Å². The van der Waals surface area contributed by atoms with Gasteiger partial charge >= 0.3 is 6.09 Å². The van der Waals surface area contributed by atoms with E-state index < -0.39 is 5.60 Å². The molecule has 1 amide bonds. The van der Waals surface area contributed by atoms with Crippen molar-refractivity contribution in [2.24, 2.45) is 11.8 Å². The van der Waals surface area contributed by atoms with Gasteiger partial charge in [0, 0.05) is 18.0 Å². The van der Waals surface area contributed by atoms with Gasteiger partial charge in [0.05, 0.1) is 5.69 Å². The highest BCUT2D eigenvalue weighted by molar-refractivity contribution is 5.91. The molecule has 2 aliphatic carbocycles. The fourth-order valence-corrected chi connectivity index (χ4v) is 6.63. The first-order chi connectivity index (χ1) is 13.7. The van der Waals surface area contributed by atoms with Crippen molar-refractivity contribution < 1.29 is 9.53 Å². The number of piperidine rings is 1. The number of rotatable bonds is 1. The molecule has 29 heavy (non-hydrogen) atoms. The summed E-state index contributed by atoms with van der Waals surface area (Å²) in [7, 11) is 0. The number of carbonyl (C=O) groups excluding carboxylic acids is 1.